The summed E-state index contributed by atoms with van der Waals surface area (Å²) < 4.78 is 0. The highest BCUT2D eigenvalue weighted by molar-refractivity contribution is 6.35. The van der Waals surface area contributed by atoms with Crippen LogP contribution in [-0.2, 0) is 22.6 Å². The molecule has 162 valence electrons. The Balaban J connectivity index is 2.35. The summed E-state index contributed by atoms with van der Waals surface area (Å²) in [6.07, 6.45) is 0.606. The van der Waals surface area contributed by atoms with Crippen molar-refractivity contribution in [1.82, 2.24) is 10.2 Å². The number of rotatable bonds is 7. The Labute approximate surface area is 189 Å². The van der Waals surface area contributed by atoms with E-state index in [0.717, 1.165) is 11.1 Å². The minimum absolute atomic E-state index is 0.0983. The lowest BCUT2D eigenvalue weighted by Gasteiger charge is -2.33. The van der Waals surface area contributed by atoms with Gasteiger partial charge < -0.3 is 10.2 Å². The van der Waals surface area contributed by atoms with Crippen molar-refractivity contribution in [2.45, 2.75) is 65.6 Å². The highest BCUT2D eigenvalue weighted by Crippen LogP contribution is 2.23. The van der Waals surface area contributed by atoms with E-state index in [2.05, 4.69) is 5.32 Å². The SMILES string of the molecule is CC[C@@H](C(=O)NC(C)(C)C)N(Cc1cccc(C)c1)C(=O)Cc1ccc(Cl)cc1Cl. The van der Waals surface area contributed by atoms with Gasteiger partial charge in [0.15, 0.2) is 0 Å². The van der Waals surface area contributed by atoms with Crippen LogP contribution in [0.3, 0.4) is 0 Å². The predicted octanol–water partition coefficient (Wildman–Crippen LogP) is 5.57. The molecule has 0 aliphatic rings. The maximum absolute atomic E-state index is 13.4. The molecule has 0 fully saturated rings. The van der Waals surface area contributed by atoms with Gasteiger partial charge in [0.05, 0.1) is 6.42 Å². The maximum atomic E-state index is 13.4. The lowest BCUT2D eigenvalue weighted by Crippen LogP contribution is -2.53. The monoisotopic (exact) mass is 448 g/mol. The minimum Gasteiger partial charge on any atom is -0.350 e. The second kappa shape index (κ2) is 10.3. The van der Waals surface area contributed by atoms with Gasteiger partial charge in [-0.1, -0.05) is 66.0 Å². The van der Waals surface area contributed by atoms with Crippen LogP contribution < -0.4 is 5.32 Å². The average molecular weight is 449 g/mol. The van der Waals surface area contributed by atoms with Crippen molar-refractivity contribution in [3.05, 3.63) is 69.2 Å². The molecule has 0 aliphatic heterocycles. The summed E-state index contributed by atoms with van der Waals surface area (Å²) in [5.41, 5.74) is 2.38. The zero-order valence-corrected chi connectivity index (χ0v) is 19.8. The van der Waals surface area contributed by atoms with Crippen LogP contribution in [0.4, 0.5) is 0 Å². The number of hydrogen-bond donors (Lipinski definition) is 1. The zero-order valence-electron chi connectivity index (χ0n) is 18.3. The van der Waals surface area contributed by atoms with Gasteiger partial charge in [-0.15, -0.1) is 0 Å². The third-order valence-corrected chi connectivity index (χ3v) is 5.26. The number of amides is 2. The molecular formula is C24H30Cl2N2O2. The fourth-order valence-electron chi connectivity index (χ4n) is 3.31. The highest BCUT2D eigenvalue weighted by atomic mass is 35.5. The molecule has 0 aliphatic carbocycles. The molecule has 2 rings (SSSR count). The summed E-state index contributed by atoms with van der Waals surface area (Å²) in [6.45, 7) is 10.1. The third-order valence-electron chi connectivity index (χ3n) is 4.68. The van der Waals surface area contributed by atoms with E-state index in [1.807, 2.05) is 58.9 Å². The van der Waals surface area contributed by atoms with Gasteiger partial charge in [0.25, 0.3) is 0 Å². The first kappa shape index (κ1) is 24.2. The smallest absolute Gasteiger partial charge is 0.243 e. The molecule has 0 bridgehead atoms. The molecule has 1 atom stereocenters. The van der Waals surface area contributed by atoms with E-state index in [4.69, 9.17) is 23.2 Å². The van der Waals surface area contributed by atoms with Gasteiger partial charge in [-0.25, -0.2) is 0 Å². The fourth-order valence-corrected chi connectivity index (χ4v) is 3.78. The van der Waals surface area contributed by atoms with E-state index in [1.165, 1.54) is 0 Å². The van der Waals surface area contributed by atoms with E-state index in [1.54, 1.807) is 23.1 Å². The standard InChI is InChI=1S/C24H30Cl2N2O2/c1-6-21(23(30)27-24(3,4)5)28(15-17-9-7-8-16(2)12-17)22(29)13-18-10-11-19(25)14-20(18)26/h7-12,14,21H,6,13,15H2,1-5H3,(H,27,30)/t21-/m0/s1. The van der Waals surface area contributed by atoms with E-state index in [-0.39, 0.29) is 23.8 Å². The molecule has 6 heteroatoms. The quantitative estimate of drug-likeness (QED) is 0.601. The van der Waals surface area contributed by atoms with Crippen LogP contribution in [0.1, 0.15) is 50.8 Å². The lowest BCUT2D eigenvalue weighted by molar-refractivity contribution is -0.141. The Morgan fingerprint density at radius 1 is 1.10 bits per heavy atom. The van der Waals surface area contributed by atoms with Crippen LogP contribution in [0, 0.1) is 6.92 Å². The van der Waals surface area contributed by atoms with Crippen molar-refractivity contribution in [3.8, 4) is 0 Å². The molecule has 0 saturated carbocycles. The van der Waals surface area contributed by atoms with E-state index >= 15 is 0 Å². The number of nitrogens with zero attached hydrogens (tertiary/aromatic N) is 1. The van der Waals surface area contributed by atoms with Crippen molar-refractivity contribution >= 4 is 35.0 Å². The average Bonchev–Trinajstić information content (AvgIpc) is 2.62. The number of benzene rings is 2. The second-order valence-electron chi connectivity index (χ2n) is 8.59. The van der Waals surface area contributed by atoms with Gasteiger partial charge in [-0.05, 0) is 57.4 Å². The zero-order chi connectivity index (χ0) is 22.5. The Morgan fingerprint density at radius 3 is 2.37 bits per heavy atom. The molecule has 0 saturated heterocycles. The number of hydrogen-bond acceptors (Lipinski definition) is 2. The molecule has 4 nitrogen and oxygen atoms in total. The van der Waals surface area contributed by atoms with Gasteiger partial charge in [-0.2, -0.15) is 0 Å². The van der Waals surface area contributed by atoms with Crippen LogP contribution in [0.25, 0.3) is 0 Å². The Hall–Kier alpha value is -2.04. The van der Waals surface area contributed by atoms with Crippen molar-refractivity contribution in [2.24, 2.45) is 0 Å². The van der Waals surface area contributed by atoms with Crippen LogP contribution in [0.5, 0.6) is 0 Å². The molecule has 2 aromatic rings. The normalized spacial score (nSPS) is 12.4. The van der Waals surface area contributed by atoms with Crippen molar-refractivity contribution < 1.29 is 9.59 Å². The number of halogens is 2. The Morgan fingerprint density at radius 2 is 1.80 bits per heavy atom. The topological polar surface area (TPSA) is 49.4 Å². The molecule has 2 amide bonds. The summed E-state index contributed by atoms with van der Waals surface area (Å²) >= 11 is 12.3. The van der Waals surface area contributed by atoms with Crippen LogP contribution in [0.15, 0.2) is 42.5 Å². The molecule has 0 heterocycles. The van der Waals surface area contributed by atoms with E-state index in [9.17, 15) is 9.59 Å². The van der Waals surface area contributed by atoms with Crippen molar-refractivity contribution in [2.75, 3.05) is 0 Å². The molecular weight excluding hydrogens is 419 g/mol. The first-order valence-corrected chi connectivity index (χ1v) is 10.9. The molecule has 0 unspecified atom stereocenters. The maximum Gasteiger partial charge on any atom is 0.243 e. The fraction of sp³-hybridized carbons (Fsp3) is 0.417. The summed E-state index contributed by atoms with van der Waals surface area (Å²) in [4.78, 5) is 28.0. The number of carbonyl (C=O) groups is 2. The molecule has 1 N–H and O–H groups in total. The summed E-state index contributed by atoms with van der Waals surface area (Å²) in [6, 6.07) is 12.5. The summed E-state index contributed by atoms with van der Waals surface area (Å²) in [5, 5.41) is 3.97. The molecule has 0 aromatic heterocycles. The van der Waals surface area contributed by atoms with Gasteiger partial charge in [-0.3, -0.25) is 9.59 Å². The van der Waals surface area contributed by atoms with Crippen molar-refractivity contribution in [3.63, 3.8) is 0 Å². The van der Waals surface area contributed by atoms with Gasteiger partial charge in [0.1, 0.15) is 6.04 Å². The van der Waals surface area contributed by atoms with E-state index in [0.29, 0.717) is 28.6 Å². The number of aryl methyl sites for hydroxylation is 1. The molecule has 0 spiro atoms. The lowest BCUT2D eigenvalue weighted by atomic mass is 10.0. The van der Waals surface area contributed by atoms with Gasteiger partial charge in [0.2, 0.25) is 11.8 Å². The highest BCUT2D eigenvalue weighted by Gasteiger charge is 2.30. The van der Waals surface area contributed by atoms with E-state index < -0.39 is 6.04 Å². The minimum atomic E-state index is -0.580. The Bertz CT molecular complexity index is 906. The predicted molar refractivity (Wildman–Crippen MR) is 124 cm³/mol. The second-order valence-corrected chi connectivity index (χ2v) is 9.43. The molecule has 30 heavy (non-hydrogen) atoms. The third kappa shape index (κ3) is 7.03. The number of carbonyl (C=O) groups excluding carboxylic acids is 2. The Kier molecular flexibility index (Phi) is 8.34. The van der Waals surface area contributed by atoms with Gasteiger partial charge in [0, 0.05) is 22.1 Å². The molecule has 0 radical (unpaired) electrons. The first-order valence-electron chi connectivity index (χ1n) is 10.1. The van der Waals surface area contributed by atoms with Crippen LogP contribution >= 0.6 is 23.2 Å². The van der Waals surface area contributed by atoms with Crippen LogP contribution in [-0.4, -0.2) is 28.3 Å². The summed E-state index contributed by atoms with van der Waals surface area (Å²) in [5.74, 6) is -0.315. The summed E-state index contributed by atoms with van der Waals surface area (Å²) in [7, 11) is 0. The van der Waals surface area contributed by atoms with Gasteiger partial charge >= 0.3 is 0 Å². The van der Waals surface area contributed by atoms with Crippen molar-refractivity contribution in [1.29, 1.82) is 0 Å². The first-order chi connectivity index (χ1) is 14.0. The van der Waals surface area contributed by atoms with Crippen LogP contribution in [0.2, 0.25) is 10.0 Å². The number of nitrogens with one attached hydrogen (secondary N) is 1. The largest absolute Gasteiger partial charge is 0.350 e. The molecule has 2 aromatic carbocycles.